The summed E-state index contributed by atoms with van der Waals surface area (Å²) in [6.45, 7) is 1.84. The molecule has 0 saturated carbocycles. The van der Waals surface area contributed by atoms with E-state index in [4.69, 9.17) is 0 Å². The summed E-state index contributed by atoms with van der Waals surface area (Å²) in [7, 11) is -3.77. The molecule has 1 rings (SSSR count). The molecule has 0 saturated heterocycles. The predicted molar refractivity (Wildman–Crippen MR) is 47.8 cm³/mol. The van der Waals surface area contributed by atoms with Crippen LogP contribution in [-0.2, 0) is 14.8 Å². The fourth-order valence-electron chi connectivity index (χ4n) is 0.828. The van der Waals surface area contributed by atoms with Crippen molar-refractivity contribution >= 4 is 16.4 Å². The third-order valence-electron chi connectivity index (χ3n) is 1.50. The number of carbonyl (C=O) groups excluding carboxylic acids is 1. The Labute approximate surface area is 105 Å². The number of amides is 1. The zero-order valence-corrected chi connectivity index (χ0v) is 10.8. The fraction of sp³-hybridized carbons (Fsp3) is 0.125. The summed E-state index contributed by atoms with van der Waals surface area (Å²) in [5.74, 6) is 0. The third kappa shape index (κ3) is 3.42. The quantitative estimate of drug-likeness (QED) is 0.447. The summed E-state index contributed by atoms with van der Waals surface area (Å²) >= 11 is 0. The first-order valence-corrected chi connectivity index (χ1v) is 4.98. The van der Waals surface area contributed by atoms with Gasteiger partial charge in [0, 0.05) is 6.41 Å². The van der Waals surface area contributed by atoms with Crippen LogP contribution >= 0.6 is 0 Å². The first kappa shape index (κ1) is 13.6. The zero-order valence-electron chi connectivity index (χ0n) is 7.97. The molecule has 0 aliphatic rings. The molecule has 0 heterocycles. The van der Waals surface area contributed by atoms with Gasteiger partial charge in [0.1, 0.15) is 10.0 Å². The van der Waals surface area contributed by atoms with Crippen molar-refractivity contribution in [2.24, 2.45) is 0 Å². The number of sulfonamides is 1. The monoisotopic (exact) mass is 221 g/mol. The Balaban J connectivity index is 0.00000169. The van der Waals surface area contributed by atoms with Gasteiger partial charge in [-0.25, -0.2) is 8.42 Å². The normalized spacial score (nSPS) is 10.1. The second-order valence-electron chi connectivity index (χ2n) is 2.50. The average Bonchev–Trinajstić information content (AvgIpc) is 2.05. The Hall–Kier alpha value is -0.360. The Morgan fingerprint density at radius 2 is 1.71 bits per heavy atom. The smallest absolute Gasteiger partial charge is 0.545 e. The number of aryl methyl sites for hydroxylation is 1. The van der Waals surface area contributed by atoms with Gasteiger partial charge >= 0.3 is 29.6 Å². The molecule has 0 bridgehead atoms. The van der Waals surface area contributed by atoms with Crippen molar-refractivity contribution in [2.75, 3.05) is 0 Å². The second-order valence-corrected chi connectivity index (χ2v) is 4.13. The van der Waals surface area contributed by atoms with Crippen molar-refractivity contribution in [3.63, 3.8) is 0 Å². The molecule has 0 atom stereocenters. The zero-order chi connectivity index (χ0) is 9.90. The van der Waals surface area contributed by atoms with Gasteiger partial charge in [0.25, 0.3) is 0 Å². The predicted octanol–water partition coefficient (Wildman–Crippen LogP) is -1.78. The average molecular weight is 221 g/mol. The molecule has 0 radical (unpaired) electrons. The summed E-state index contributed by atoms with van der Waals surface area (Å²) in [4.78, 5) is 9.95. The van der Waals surface area contributed by atoms with E-state index < -0.39 is 10.0 Å². The first-order valence-electron chi connectivity index (χ1n) is 3.54. The molecular formula is C8H8NNaO3S. The van der Waals surface area contributed by atoms with Crippen LogP contribution in [0.1, 0.15) is 5.56 Å². The van der Waals surface area contributed by atoms with E-state index in [1.54, 1.807) is 12.1 Å². The molecular weight excluding hydrogens is 213 g/mol. The van der Waals surface area contributed by atoms with Crippen molar-refractivity contribution in [1.82, 2.24) is 0 Å². The van der Waals surface area contributed by atoms with E-state index in [1.165, 1.54) is 12.1 Å². The van der Waals surface area contributed by atoms with Crippen LogP contribution in [0.25, 0.3) is 4.72 Å². The van der Waals surface area contributed by atoms with Crippen molar-refractivity contribution in [2.45, 2.75) is 11.8 Å². The topological polar surface area (TPSA) is 65.3 Å². The van der Waals surface area contributed by atoms with Gasteiger partial charge < -0.3 is 9.52 Å². The Kier molecular flexibility index (Phi) is 5.36. The number of hydrogen-bond acceptors (Lipinski definition) is 3. The molecule has 0 N–H and O–H groups in total. The van der Waals surface area contributed by atoms with Crippen LogP contribution in [0.5, 0.6) is 0 Å². The van der Waals surface area contributed by atoms with Crippen molar-refractivity contribution in [3.8, 4) is 0 Å². The number of benzene rings is 1. The second kappa shape index (κ2) is 5.50. The van der Waals surface area contributed by atoms with Crippen LogP contribution < -0.4 is 29.6 Å². The molecule has 0 aliphatic carbocycles. The summed E-state index contributed by atoms with van der Waals surface area (Å²) < 4.78 is 25.1. The molecule has 1 aromatic rings. The molecule has 4 nitrogen and oxygen atoms in total. The van der Waals surface area contributed by atoms with Gasteiger partial charge in [-0.15, -0.1) is 0 Å². The van der Waals surface area contributed by atoms with E-state index in [0.29, 0.717) is 0 Å². The number of carbonyl (C=O) groups is 1. The van der Waals surface area contributed by atoms with E-state index in [9.17, 15) is 13.2 Å². The van der Waals surface area contributed by atoms with E-state index in [2.05, 4.69) is 4.72 Å². The Bertz CT molecular complexity index is 399. The molecule has 14 heavy (non-hydrogen) atoms. The number of rotatable bonds is 3. The molecule has 6 heteroatoms. The van der Waals surface area contributed by atoms with Gasteiger partial charge in [-0.3, -0.25) is 0 Å². The molecule has 0 aromatic heterocycles. The van der Waals surface area contributed by atoms with Gasteiger partial charge in [0.2, 0.25) is 0 Å². The summed E-state index contributed by atoms with van der Waals surface area (Å²) in [6, 6.07) is 6.12. The van der Waals surface area contributed by atoms with Crippen LogP contribution in [0.2, 0.25) is 0 Å². The van der Waals surface area contributed by atoms with Crippen LogP contribution in [0, 0.1) is 6.92 Å². The number of hydrogen-bond donors (Lipinski definition) is 0. The van der Waals surface area contributed by atoms with Gasteiger partial charge in [-0.1, -0.05) is 17.7 Å². The summed E-state index contributed by atoms with van der Waals surface area (Å²) in [6.07, 6.45) is 0.0230. The minimum absolute atomic E-state index is 0. The summed E-state index contributed by atoms with van der Waals surface area (Å²) in [5.41, 5.74) is 0.949. The molecule has 0 unspecified atom stereocenters. The first-order chi connectivity index (χ1) is 6.06. The van der Waals surface area contributed by atoms with Crippen molar-refractivity contribution in [1.29, 1.82) is 0 Å². The van der Waals surface area contributed by atoms with Gasteiger partial charge in [-0.05, 0) is 19.1 Å². The molecule has 70 valence electrons. The van der Waals surface area contributed by atoms with E-state index in [0.717, 1.165) is 5.56 Å². The van der Waals surface area contributed by atoms with E-state index in [1.807, 2.05) is 6.92 Å². The minimum Gasteiger partial charge on any atom is -0.545 e. The SMILES string of the molecule is Cc1ccc(S(=O)(=O)[N-]C=O)cc1.[Na+]. The molecule has 0 spiro atoms. The van der Waals surface area contributed by atoms with Crippen LogP contribution in [0.4, 0.5) is 0 Å². The maximum Gasteiger partial charge on any atom is 1.00 e. The van der Waals surface area contributed by atoms with Gasteiger partial charge in [0.15, 0.2) is 0 Å². The molecule has 0 aliphatic heterocycles. The third-order valence-corrected chi connectivity index (χ3v) is 2.73. The maximum atomic E-state index is 11.1. The minimum atomic E-state index is -3.77. The van der Waals surface area contributed by atoms with Crippen LogP contribution in [0.3, 0.4) is 0 Å². The van der Waals surface area contributed by atoms with Crippen molar-refractivity contribution in [3.05, 3.63) is 34.6 Å². The fourth-order valence-corrected chi connectivity index (χ4v) is 1.54. The summed E-state index contributed by atoms with van der Waals surface area (Å²) in [5, 5.41) is 0. The maximum absolute atomic E-state index is 11.1. The molecule has 0 fully saturated rings. The molecule has 1 amide bonds. The van der Waals surface area contributed by atoms with Gasteiger partial charge in [-0.2, -0.15) is 0 Å². The van der Waals surface area contributed by atoms with Crippen LogP contribution in [-0.4, -0.2) is 14.8 Å². The molecule has 1 aromatic carbocycles. The van der Waals surface area contributed by atoms with E-state index in [-0.39, 0.29) is 40.9 Å². The number of nitrogens with zero attached hydrogens (tertiary/aromatic N) is 1. The Morgan fingerprint density at radius 1 is 1.21 bits per heavy atom. The van der Waals surface area contributed by atoms with Crippen molar-refractivity contribution < 1.29 is 42.8 Å². The van der Waals surface area contributed by atoms with Crippen LogP contribution in [0.15, 0.2) is 29.2 Å². The Morgan fingerprint density at radius 3 is 2.14 bits per heavy atom. The van der Waals surface area contributed by atoms with Gasteiger partial charge in [0.05, 0.1) is 4.90 Å². The van der Waals surface area contributed by atoms with E-state index >= 15 is 0 Å². The standard InChI is InChI=1S/C8H9NO3S.Na/c1-7-2-4-8(5-3-7)13(11,12)9-6-10;/h2-6H,1H3,(H,9,10);/q;+1/p-1. The largest absolute Gasteiger partial charge is 1.00 e.